The number of hydrogen-bond acceptors (Lipinski definition) is 2. The van der Waals surface area contributed by atoms with Crippen molar-refractivity contribution in [2.75, 3.05) is 0 Å². The summed E-state index contributed by atoms with van der Waals surface area (Å²) in [4.78, 5) is 15.8. The Kier molecular flexibility index (Phi) is 3.53. The Labute approximate surface area is 102 Å². The highest BCUT2D eigenvalue weighted by Crippen LogP contribution is 2.25. The van der Waals surface area contributed by atoms with Crippen LogP contribution in [0.25, 0.3) is 0 Å². The highest BCUT2D eigenvalue weighted by molar-refractivity contribution is 9.09. The van der Waals surface area contributed by atoms with E-state index in [9.17, 15) is 9.18 Å². The molecule has 0 radical (unpaired) electrons. The summed E-state index contributed by atoms with van der Waals surface area (Å²) in [7, 11) is 0. The first-order valence-electron chi connectivity index (χ1n) is 5.23. The lowest BCUT2D eigenvalue weighted by molar-refractivity contribution is 0.0934. The second-order valence-electron chi connectivity index (χ2n) is 3.89. The predicted molar refractivity (Wildman–Crippen MR) is 62.0 cm³/mol. The van der Waals surface area contributed by atoms with Crippen LogP contribution in [0.2, 0.25) is 0 Å². The zero-order chi connectivity index (χ0) is 11.5. The number of carbonyl (C=O) groups excluding carboxylic acids is 1. The van der Waals surface area contributed by atoms with Crippen LogP contribution in [0.5, 0.6) is 0 Å². The van der Waals surface area contributed by atoms with Gasteiger partial charge in [0.1, 0.15) is 11.5 Å². The van der Waals surface area contributed by atoms with Crippen LogP contribution in [0.3, 0.4) is 0 Å². The second-order valence-corrected chi connectivity index (χ2v) is 5.06. The Morgan fingerprint density at radius 3 is 2.88 bits per heavy atom. The van der Waals surface area contributed by atoms with Gasteiger partial charge in [0, 0.05) is 10.9 Å². The van der Waals surface area contributed by atoms with Crippen LogP contribution < -0.4 is 5.32 Å². The summed E-state index contributed by atoms with van der Waals surface area (Å²) in [6.45, 7) is 0. The SMILES string of the molecule is O=C(NC1CCCC1Br)c1ccc(F)cn1. The third-order valence-electron chi connectivity index (χ3n) is 2.71. The number of amides is 1. The molecule has 1 fully saturated rings. The van der Waals surface area contributed by atoms with E-state index in [1.165, 1.54) is 12.1 Å². The van der Waals surface area contributed by atoms with Gasteiger partial charge in [0.2, 0.25) is 0 Å². The Balaban J connectivity index is 2.00. The minimum Gasteiger partial charge on any atom is -0.347 e. The van der Waals surface area contributed by atoms with E-state index in [4.69, 9.17) is 0 Å². The van der Waals surface area contributed by atoms with E-state index in [1.54, 1.807) is 0 Å². The van der Waals surface area contributed by atoms with Gasteiger partial charge in [-0.05, 0) is 25.0 Å². The molecule has 86 valence electrons. The van der Waals surface area contributed by atoms with E-state index in [0.717, 1.165) is 25.5 Å². The van der Waals surface area contributed by atoms with Crippen molar-refractivity contribution in [2.45, 2.75) is 30.1 Å². The molecule has 1 aromatic rings. The Morgan fingerprint density at radius 1 is 1.50 bits per heavy atom. The van der Waals surface area contributed by atoms with Gasteiger partial charge in [0.25, 0.3) is 5.91 Å². The van der Waals surface area contributed by atoms with Crippen molar-refractivity contribution in [1.82, 2.24) is 10.3 Å². The number of pyridine rings is 1. The van der Waals surface area contributed by atoms with Crippen LogP contribution in [0.1, 0.15) is 29.8 Å². The van der Waals surface area contributed by atoms with Gasteiger partial charge in [-0.25, -0.2) is 9.37 Å². The third-order valence-corrected chi connectivity index (χ3v) is 3.80. The number of nitrogens with zero attached hydrogens (tertiary/aromatic N) is 1. The first-order chi connectivity index (χ1) is 7.66. The van der Waals surface area contributed by atoms with Gasteiger partial charge in [-0.15, -0.1) is 0 Å². The highest BCUT2D eigenvalue weighted by atomic mass is 79.9. The summed E-state index contributed by atoms with van der Waals surface area (Å²) in [5.41, 5.74) is 0.257. The topological polar surface area (TPSA) is 42.0 Å². The van der Waals surface area contributed by atoms with Crippen LogP contribution in [0.15, 0.2) is 18.3 Å². The summed E-state index contributed by atoms with van der Waals surface area (Å²) in [5, 5.41) is 2.89. The van der Waals surface area contributed by atoms with Gasteiger partial charge < -0.3 is 5.32 Å². The molecular formula is C11H12BrFN2O. The summed E-state index contributed by atoms with van der Waals surface area (Å²) in [6, 6.07) is 2.78. The fraction of sp³-hybridized carbons (Fsp3) is 0.455. The largest absolute Gasteiger partial charge is 0.347 e. The first kappa shape index (κ1) is 11.5. The van der Waals surface area contributed by atoms with E-state index < -0.39 is 5.82 Å². The van der Waals surface area contributed by atoms with Crippen molar-refractivity contribution in [3.63, 3.8) is 0 Å². The monoisotopic (exact) mass is 286 g/mol. The molecule has 2 atom stereocenters. The van der Waals surface area contributed by atoms with Crippen molar-refractivity contribution in [1.29, 1.82) is 0 Å². The molecule has 0 saturated heterocycles. The summed E-state index contributed by atoms with van der Waals surface area (Å²) >= 11 is 3.52. The van der Waals surface area contributed by atoms with Crippen LogP contribution >= 0.6 is 15.9 Å². The van der Waals surface area contributed by atoms with Gasteiger partial charge in [-0.2, -0.15) is 0 Å². The number of carbonyl (C=O) groups is 1. The van der Waals surface area contributed by atoms with E-state index in [2.05, 4.69) is 26.2 Å². The number of nitrogens with one attached hydrogen (secondary N) is 1. The van der Waals surface area contributed by atoms with E-state index in [-0.39, 0.29) is 17.6 Å². The molecule has 0 aliphatic heterocycles. The Morgan fingerprint density at radius 2 is 2.31 bits per heavy atom. The van der Waals surface area contributed by atoms with Gasteiger partial charge in [0.05, 0.1) is 6.20 Å². The van der Waals surface area contributed by atoms with Gasteiger partial charge >= 0.3 is 0 Å². The summed E-state index contributed by atoms with van der Waals surface area (Å²) in [6.07, 6.45) is 4.21. The molecule has 1 amide bonds. The lowest BCUT2D eigenvalue weighted by atomic mass is 10.2. The maximum Gasteiger partial charge on any atom is 0.270 e. The van der Waals surface area contributed by atoms with Gasteiger partial charge in [-0.1, -0.05) is 22.4 Å². The van der Waals surface area contributed by atoms with Gasteiger partial charge in [0.15, 0.2) is 0 Å². The first-order valence-corrected chi connectivity index (χ1v) is 6.15. The number of rotatable bonds is 2. The summed E-state index contributed by atoms with van der Waals surface area (Å²) < 4.78 is 12.6. The van der Waals surface area contributed by atoms with Crippen molar-refractivity contribution in [2.24, 2.45) is 0 Å². The maximum absolute atomic E-state index is 12.6. The molecule has 3 nitrogen and oxygen atoms in total. The zero-order valence-electron chi connectivity index (χ0n) is 8.62. The molecule has 16 heavy (non-hydrogen) atoms. The highest BCUT2D eigenvalue weighted by Gasteiger charge is 2.26. The maximum atomic E-state index is 12.6. The lowest BCUT2D eigenvalue weighted by Crippen LogP contribution is -2.38. The summed E-state index contributed by atoms with van der Waals surface area (Å²) in [5.74, 6) is -0.674. The van der Waals surface area contributed by atoms with Crippen LogP contribution in [-0.2, 0) is 0 Å². The minimum absolute atomic E-state index is 0.152. The average Bonchev–Trinajstić information content (AvgIpc) is 2.65. The van der Waals surface area contributed by atoms with E-state index in [1.807, 2.05) is 0 Å². The van der Waals surface area contributed by atoms with Crippen LogP contribution in [0.4, 0.5) is 4.39 Å². The predicted octanol–water partition coefficient (Wildman–Crippen LogP) is 2.27. The Bertz CT molecular complexity index is 382. The average molecular weight is 287 g/mol. The number of aromatic nitrogens is 1. The normalized spacial score (nSPS) is 24.4. The fourth-order valence-corrected chi connectivity index (χ4v) is 2.55. The molecule has 1 aliphatic rings. The molecule has 1 saturated carbocycles. The van der Waals surface area contributed by atoms with Crippen molar-refractivity contribution in [3.8, 4) is 0 Å². The molecule has 2 rings (SSSR count). The molecule has 1 aliphatic carbocycles. The molecule has 2 unspecified atom stereocenters. The minimum atomic E-state index is -0.434. The quantitative estimate of drug-likeness (QED) is 0.848. The van der Waals surface area contributed by atoms with Crippen LogP contribution in [-0.4, -0.2) is 21.8 Å². The third kappa shape index (κ3) is 2.58. The van der Waals surface area contributed by atoms with Crippen molar-refractivity contribution < 1.29 is 9.18 Å². The zero-order valence-corrected chi connectivity index (χ0v) is 10.2. The fourth-order valence-electron chi connectivity index (χ4n) is 1.83. The Hall–Kier alpha value is -0.970. The number of halogens is 2. The number of hydrogen-bond donors (Lipinski definition) is 1. The smallest absolute Gasteiger partial charge is 0.270 e. The standard InChI is InChI=1S/C11H12BrFN2O/c12-8-2-1-3-9(8)15-11(16)10-5-4-7(13)6-14-10/h4-6,8-9H,1-3H2,(H,15,16). The van der Waals surface area contributed by atoms with Gasteiger partial charge in [-0.3, -0.25) is 4.79 Å². The second kappa shape index (κ2) is 4.91. The molecule has 0 aromatic carbocycles. The van der Waals surface area contributed by atoms with Crippen molar-refractivity contribution in [3.05, 3.63) is 29.8 Å². The molecule has 5 heteroatoms. The lowest BCUT2D eigenvalue weighted by Gasteiger charge is -2.15. The van der Waals surface area contributed by atoms with Crippen molar-refractivity contribution >= 4 is 21.8 Å². The molecular weight excluding hydrogens is 275 g/mol. The number of alkyl halides is 1. The van der Waals surface area contributed by atoms with E-state index in [0.29, 0.717) is 4.83 Å². The van der Waals surface area contributed by atoms with Crippen LogP contribution in [0, 0.1) is 5.82 Å². The molecule has 0 spiro atoms. The molecule has 1 heterocycles. The molecule has 1 aromatic heterocycles. The van der Waals surface area contributed by atoms with E-state index >= 15 is 0 Å². The molecule has 1 N–H and O–H groups in total. The molecule has 0 bridgehead atoms.